The largest absolute Gasteiger partial charge is 0.309 e. The highest BCUT2D eigenvalue weighted by Crippen LogP contribution is 2.40. The van der Waals surface area contributed by atoms with Crippen molar-refractivity contribution in [3.8, 4) is 11.3 Å². The number of benzene rings is 1. The summed E-state index contributed by atoms with van der Waals surface area (Å²) in [6, 6.07) is 6.46. The van der Waals surface area contributed by atoms with E-state index in [0.717, 1.165) is 55.5 Å². The number of thiazole rings is 1. The van der Waals surface area contributed by atoms with Gasteiger partial charge in [-0.3, -0.25) is 9.59 Å². The van der Waals surface area contributed by atoms with E-state index >= 15 is 0 Å². The molecule has 1 N–H and O–H groups in total. The predicted molar refractivity (Wildman–Crippen MR) is 107 cm³/mol. The average molecular weight is 382 g/mol. The summed E-state index contributed by atoms with van der Waals surface area (Å²) in [5, 5.41) is 5.61. The fourth-order valence-electron chi connectivity index (χ4n) is 3.99. The standard InChI is InChI=1S/C21H23N3O2S/c1-12-9-16-10-15(7-8-18(16)24(12)20(26)14-5-6-14)17-11-27-21(22-17)23-19(25)13-3-2-4-13/h7-8,10-14H,2-6,9H2,1H3,(H,22,23,25). The first-order valence-corrected chi connectivity index (χ1v) is 10.7. The van der Waals surface area contributed by atoms with Crippen LogP contribution in [-0.4, -0.2) is 22.8 Å². The summed E-state index contributed by atoms with van der Waals surface area (Å²) in [5.41, 5.74) is 4.19. The Labute approximate surface area is 162 Å². The van der Waals surface area contributed by atoms with E-state index in [1.54, 1.807) is 0 Å². The maximum absolute atomic E-state index is 12.6. The van der Waals surface area contributed by atoms with E-state index in [9.17, 15) is 9.59 Å². The van der Waals surface area contributed by atoms with Gasteiger partial charge in [0.1, 0.15) is 0 Å². The number of fused-ring (bicyclic) bond motifs is 1. The SMILES string of the molecule is CC1Cc2cc(-c3csc(NC(=O)C4CCC4)n3)ccc2N1C(=O)C1CC1. The summed E-state index contributed by atoms with van der Waals surface area (Å²) in [5.74, 6) is 0.773. The summed E-state index contributed by atoms with van der Waals surface area (Å²) < 4.78 is 0. The van der Waals surface area contributed by atoms with Crippen molar-refractivity contribution in [3.05, 3.63) is 29.1 Å². The molecule has 5 nitrogen and oxygen atoms in total. The average Bonchev–Trinajstić information content (AvgIpc) is 3.25. The molecular weight excluding hydrogens is 358 g/mol. The summed E-state index contributed by atoms with van der Waals surface area (Å²) in [4.78, 5) is 31.3. The molecule has 5 rings (SSSR count). The van der Waals surface area contributed by atoms with Crippen LogP contribution in [0.5, 0.6) is 0 Å². The third kappa shape index (κ3) is 3.06. The minimum absolute atomic E-state index is 0.0964. The lowest BCUT2D eigenvalue weighted by Crippen LogP contribution is -2.36. The van der Waals surface area contributed by atoms with Crippen LogP contribution in [0, 0.1) is 11.8 Å². The third-order valence-corrected chi connectivity index (χ3v) is 6.72. The second kappa shape index (κ2) is 6.44. The molecular formula is C21H23N3O2S. The van der Waals surface area contributed by atoms with Crippen LogP contribution < -0.4 is 10.2 Å². The molecule has 1 atom stereocenters. The molecule has 1 aliphatic heterocycles. The zero-order valence-electron chi connectivity index (χ0n) is 15.4. The molecule has 27 heavy (non-hydrogen) atoms. The van der Waals surface area contributed by atoms with Crippen LogP contribution in [0.25, 0.3) is 11.3 Å². The Hall–Kier alpha value is -2.21. The molecule has 0 spiro atoms. The number of aromatic nitrogens is 1. The number of anilines is 2. The molecule has 2 amide bonds. The lowest BCUT2D eigenvalue weighted by atomic mass is 9.85. The summed E-state index contributed by atoms with van der Waals surface area (Å²) in [6.07, 6.45) is 6.08. The molecule has 6 heteroatoms. The van der Waals surface area contributed by atoms with Crippen molar-refractivity contribution in [1.82, 2.24) is 4.98 Å². The van der Waals surface area contributed by atoms with E-state index in [1.165, 1.54) is 16.9 Å². The molecule has 0 bridgehead atoms. The molecule has 140 valence electrons. The third-order valence-electron chi connectivity index (χ3n) is 5.97. The lowest BCUT2D eigenvalue weighted by Gasteiger charge is -2.23. The van der Waals surface area contributed by atoms with Gasteiger partial charge in [0, 0.05) is 34.5 Å². The predicted octanol–water partition coefficient (Wildman–Crippen LogP) is 4.24. The monoisotopic (exact) mass is 381 g/mol. The first kappa shape index (κ1) is 16.9. The zero-order valence-corrected chi connectivity index (χ0v) is 16.2. The van der Waals surface area contributed by atoms with Crippen molar-refractivity contribution in [2.45, 2.75) is 51.5 Å². The second-order valence-corrected chi connectivity index (χ2v) is 8.89. The van der Waals surface area contributed by atoms with Crippen LogP contribution >= 0.6 is 11.3 Å². The lowest BCUT2D eigenvalue weighted by molar-refractivity contribution is -0.122. The van der Waals surface area contributed by atoms with E-state index in [0.29, 0.717) is 5.13 Å². The fourth-order valence-corrected chi connectivity index (χ4v) is 4.72. The van der Waals surface area contributed by atoms with Crippen molar-refractivity contribution in [3.63, 3.8) is 0 Å². The second-order valence-electron chi connectivity index (χ2n) is 8.03. The van der Waals surface area contributed by atoms with Crippen molar-refractivity contribution in [1.29, 1.82) is 0 Å². The Bertz CT molecular complexity index is 914. The molecule has 2 aromatic rings. The summed E-state index contributed by atoms with van der Waals surface area (Å²) in [7, 11) is 0. The van der Waals surface area contributed by atoms with E-state index < -0.39 is 0 Å². The number of hydrogen-bond donors (Lipinski definition) is 1. The maximum atomic E-state index is 12.6. The van der Waals surface area contributed by atoms with Gasteiger partial charge in [-0.15, -0.1) is 11.3 Å². The quantitative estimate of drug-likeness (QED) is 0.862. The summed E-state index contributed by atoms with van der Waals surface area (Å²) >= 11 is 1.47. The van der Waals surface area contributed by atoms with Crippen molar-refractivity contribution in [2.24, 2.45) is 11.8 Å². The van der Waals surface area contributed by atoms with Crippen molar-refractivity contribution < 1.29 is 9.59 Å². The van der Waals surface area contributed by atoms with Gasteiger partial charge in [0.2, 0.25) is 11.8 Å². The van der Waals surface area contributed by atoms with E-state index in [1.807, 2.05) is 16.3 Å². The Balaban J connectivity index is 1.35. The van der Waals surface area contributed by atoms with E-state index in [4.69, 9.17) is 0 Å². The molecule has 1 aromatic carbocycles. The first-order chi connectivity index (χ1) is 13.1. The van der Waals surface area contributed by atoms with Gasteiger partial charge in [-0.05, 0) is 56.7 Å². The number of nitrogens with one attached hydrogen (secondary N) is 1. The van der Waals surface area contributed by atoms with Crippen LogP contribution in [0.2, 0.25) is 0 Å². The van der Waals surface area contributed by atoms with Gasteiger partial charge in [-0.25, -0.2) is 4.98 Å². The van der Waals surface area contributed by atoms with Crippen LogP contribution in [0.3, 0.4) is 0 Å². The molecule has 0 radical (unpaired) electrons. The molecule has 2 aliphatic carbocycles. The highest BCUT2D eigenvalue weighted by molar-refractivity contribution is 7.14. The Morgan fingerprint density at radius 1 is 1.19 bits per heavy atom. The minimum Gasteiger partial charge on any atom is -0.309 e. The summed E-state index contributed by atoms with van der Waals surface area (Å²) in [6.45, 7) is 2.12. The minimum atomic E-state index is 0.0964. The van der Waals surface area contributed by atoms with E-state index in [2.05, 4.69) is 29.4 Å². The Morgan fingerprint density at radius 2 is 2.00 bits per heavy atom. The molecule has 2 heterocycles. The van der Waals surface area contributed by atoms with Gasteiger partial charge in [0.05, 0.1) is 5.69 Å². The number of rotatable bonds is 4. The van der Waals surface area contributed by atoms with Crippen LogP contribution in [-0.2, 0) is 16.0 Å². The van der Waals surface area contributed by atoms with Gasteiger partial charge < -0.3 is 10.2 Å². The Morgan fingerprint density at radius 3 is 2.70 bits per heavy atom. The van der Waals surface area contributed by atoms with E-state index in [-0.39, 0.29) is 29.7 Å². The molecule has 2 saturated carbocycles. The molecule has 3 aliphatic rings. The zero-order chi connectivity index (χ0) is 18.5. The molecule has 2 fully saturated rings. The van der Waals surface area contributed by atoms with Crippen LogP contribution in [0.4, 0.5) is 10.8 Å². The number of amides is 2. The normalized spacial score (nSPS) is 21.7. The van der Waals surface area contributed by atoms with Gasteiger partial charge in [0.25, 0.3) is 0 Å². The molecule has 1 unspecified atom stereocenters. The van der Waals surface area contributed by atoms with Crippen molar-refractivity contribution in [2.75, 3.05) is 10.2 Å². The fraction of sp³-hybridized carbons (Fsp3) is 0.476. The molecule has 1 aromatic heterocycles. The van der Waals surface area contributed by atoms with Gasteiger partial charge >= 0.3 is 0 Å². The van der Waals surface area contributed by atoms with Gasteiger partial charge in [-0.1, -0.05) is 12.5 Å². The highest BCUT2D eigenvalue weighted by Gasteiger charge is 2.39. The number of carbonyl (C=O) groups excluding carboxylic acids is 2. The number of nitrogens with zero attached hydrogens (tertiary/aromatic N) is 2. The van der Waals surface area contributed by atoms with Gasteiger partial charge in [0.15, 0.2) is 5.13 Å². The first-order valence-electron chi connectivity index (χ1n) is 9.83. The maximum Gasteiger partial charge on any atom is 0.230 e. The molecule has 0 saturated heterocycles. The topological polar surface area (TPSA) is 62.3 Å². The van der Waals surface area contributed by atoms with Crippen LogP contribution in [0.1, 0.15) is 44.6 Å². The highest BCUT2D eigenvalue weighted by atomic mass is 32.1. The smallest absolute Gasteiger partial charge is 0.230 e. The van der Waals surface area contributed by atoms with Crippen LogP contribution in [0.15, 0.2) is 23.6 Å². The Kier molecular flexibility index (Phi) is 4.04. The number of carbonyl (C=O) groups is 2. The number of hydrogen-bond acceptors (Lipinski definition) is 4. The van der Waals surface area contributed by atoms with Gasteiger partial charge in [-0.2, -0.15) is 0 Å². The van der Waals surface area contributed by atoms with Crippen molar-refractivity contribution >= 4 is 34.0 Å².